The van der Waals surface area contributed by atoms with Crippen LogP contribution in [0.3, 0.4) is 0 Å². The lowest BCUT2D eigenvalue weighted by Crippen LogP contribution is -2.22. The van der Waals surface area contributed by atoms with E-state index in [1.165, 1.54) is 11.3 Å². The molecule has 0 fully saturated rings. The van der Waals surface area contributed by atoms with Gasteiger partial charge >= 0.3 is 5.97 Å². The maximum absolute atomic E-state index is 12.6. The van der Waals surface area contributed by atoms with Gasteiger partial charge in [0.1, 0.15) is 0 Å². The molecule has 0 bridgehead atoms. The topological polar surface area (TPSA) is 68.3 Å². The van der Waals surface area contributed by atoms with Crippen LogP contribution in [0.15, 0.2) is 90.3 Å². The molecule has 1 aromatic heterocycles. The summed E-state index contributed by atoms with van der Waals surface area (Å²) < 4.78 is 5.26. The quantitative estimate of drug-likeness (QED) is 0.309. The second-order valence-corrected chi connectivity index (χ2v) is 8.57. The second kappa shape index (κ2) is 10.9. The Labute approximate surface area is 201 Å². The molecule has 0 spiro atoms. The van der Waals surface area contributed by atoms with Crippen LogP contribution in [0, 0.1) is 0 Å². The number of ether oxygens (including phenoxy) is 1. The summed E-state index contributed by atoms with van der Waals surface area (Å²) in [5.41, 5.74) is 3.49. The average molecular weight is 477 g/mol. The van der Waals surface area contributed by atoms with Crippen molar-refractivity contribution in [1.82, 2.24) is 4.98 Å². The Morgan fingerprint density at radius 3 is 2.15 bits per heavy atom. The minimum absolute atomic E-state index is 0.134. The van der Waals surface area contributed by atoms with Crippen LogP contribution >= 0.6 is 22.9 Å². The van der Waals surface area contributed by atoms with Crippen molar-refractivity contribution >= 4 is 39.9 Å². The first kappa shape index (κ1) is 22.7. The molecule has 1 heterocycles. The van der Waals surface area contributed by atoms with Crippen molar-refractivity contribution in [3.05, 3.63) is 106 Å². The fourth-order valence-corrected chi connectivity index (χ4v) is 4.41. The maximum atomic E-state index is 12.6. The first-order valence-corrected chi connectivity index (χ1v) is 11.6. The smallest absolute Gasteiger partial charge is 0.307 e. The third kappa shape index (κ3) is 6.06. The Morgan fingerprint density at radius 2 is 1.52 bits per heavy atom. The predicted molar refractivity (Wildman–Crippen MR) is 131 cm³/mol. The van der Waals surface area contributed by atoms with Crippen molar-refractivity contribution in [2.24, 2.45) is 0 Å². The van der Waals surface area contributed by atoms with Gasteiger partial charge in [0.15, 0.2) is 11.7 Å². The van der Waals surface area contributed by atoms with E-state index in [0.29, 0.717) is 15.8 Å². The molecule has 0 aliphatic rings. The van der Waals surface area contributed by atoms with Gasteiger partial charge in [-0.15, -0.1) is 11.3 Å². The molecule has 4 rings (SSSR count). The number of carbonyl (C=O) groups excluding carboxylic acids is 2. The van der Waals surface area contributed by atoms with Gasteiger partial charge in [-0.25, -0.2) is 4.98 Å². The first-order valence-electron chi connectivity index (χ1n) is 10.4. The van der Waals surface area contributed by atoms with E-state index in [0.717, 1.165) is 16.7 Å². The molecular formula is C26H21ClN2O3S. The highest BCUT2D eigenvalue weighted by atomic mass is 35.5. The minimum Gasteiger partial charge on any atom is -0.456 e. The van der Waals surface area contributed by atoms with Crippen LogP contribution in [-0.4, -0.2) is 23.5 Å². The van der Waals surface area contributed by atoms with Crippen LogP contribution in [0.25, 0.3) is 11.3 Å². The fraction of sp³-hybridized carbons (Fsp3) is 0.115. The number of anilines is 1. The van der Waals surface area contributed by atoms with Crippen LogP contribution in [0.1, 0.15) is 23.5 Å². The summed E-state index contributed by atoms with van der Waals surface area (Å²) in [4.78, 5) is 29.3. The first-order chi connectivity index (χ1) is 16.1. The van der Waals surface area contributed by atoms with Crippen molar-refractivity contribution in [1.29, 1.82) is 0 Å². The van der Waals surface area contributed by atoms with Crippen LogP contribution < -0.4 is 5.32 Å². The zero-order chi connectivity index (χ0) is 23.0. The van der Waals surface area contributed by atoms with Gasteiger partial charge in [0.25, 0.3) is 5.91 Å². The van der Waals surface area contributed by atoms with E-state index in [9.17, 15) is 9.59 Å². The lowest BCUT2D eigenvalue weighted by Gasteiger charge is -2.17. The Balaban J connectivity index is 1.34. The number of hydrogen-bond donors (Lipinski definition) is 1. The van der Waals surface area contributed by atoms with E-state index in [2.05, 4.69) is 10.3 Å². The van der Waals surface area contributed by atoms with E-state index < -0.39 is 11.9 Å². The number of esters is 1. The zero-order valence-electron chi connectivity index (χ0n) is 17.6. The van der Waals surface area contributed by atoms with Crippen LogP contribution in [0.2, 0.25) is 5.02 Å². The second-order valence-electron chi connectivity index (χ2n) is 7.30. The standard InChI is InChI=1S/C26H21ClN2O3S/c27-22-14-8-7-13-20(22)23-17-33-26(28-23)29-24(30)16-32-25(31)15-21(18-9-3-1-4-10-18)19-11-5-2-6-12-19/h1-14,17,21H,15-16H2,(H,28,29,30). The molecule has 0 saturated carbocycles. The molecule has 3 aromatic carbocycles. The molecule has 166 valence electrons. The number of benzene rings is 3. The molecule has 0 unspecified atom stereocenters. The lowest BCUT2D eigenvalue weighted by atomic mass is 9.89. The molecule has 7 heteroatoms. The Bertz CT molecular complexity index is 1190. The zero-order valence-corrected chi connectivity index (χ0v) is 19.2. The Hall–Kier alpha value is -3.48. The summed E-state index contributed by atoms with van der Waals surface area (Å²) >= 11 is 7.49. The molecule has 0 atom stereocenters. The van der Waals surface area contributed by atoms with E-state index in [4.69, 9.17) is 16.3 Å². The number of nitrogens with zero attached hydrogens (tertiary/aromatic N) is 1. The predicted octanol–water partition coefficient (Wildman–Crippen LogP) is 6.17. The van der Waals surface area contributed by atoms with Crippen molar-refractivity contribution < 1.29 is 14.3 Å². The van der Waals surface area contributed by atoms with Gasteiger partial charge in [-0.1, -0.05) is 90.5 Å². The van der Waals surface area contributed by atoms with Gasteiger partial charge < -0.3 is 4.74 Å². The summed E-state index contributed by atoms with van der Waals surface area (Å²) in [7, 11) is 0. The number of aromatic nitrogens is 1. The van der Waals surface area contributed by atoms with Crippen LogP contribution in [0.4, 0.5) is 5.13 Å². The largest absolute Gasteiger partial charge is 0.456 e. The third-order valence-corrected chi connectivity index (χ3v) is 6.13. The van der Waals surface area contributed by atoms with Crippen LogP contribution in [-0.2, 0) is 14.3 Å². The molecule has 0 radical (unpaired) electrons. The molecule has 1 amide bonds. The van der Waals surface area contributed by atoms with E-state index in [1.807, 2.05) is 84.2 Å². The summed E-state index contributed by atoms with van der Waals surface area (Å²) in [6.45, 7) is -0.379. The van der Waals surface area contributed by atoms with E-state index in [-0.39, 0.29) is 18.9 Å². The minimum atomic E-state index is -0.446. The number of amides is 1. The van der Waals surface area contributed by atoms with Crippen molar-refractivity contribution in [3.8, 4) is 11.3 Å². The Morgan fingerprint density at radius 1 is 0.909 bits per heavy atom. The van der Waals surface area contributed by atoms with Gasteiger partial charge in [-0.05, 0) is 17.2 Å². The highest BCUT2D eigenvalue weighted by Gasteiger charge is 2.20. The van der Waals surface area contributed by atoms with Crippen molar-refractivity contribution in [3.63, 3.8) is 0 Å². The van der Waals surface area contributed by atoms with E-state index in [1.54, 1.807) is 6.07 Å². The molecule has 4 aromatic rings. The molecule has 33 heavy (non-hydrogen) atoms. The van der Waals surface area contributed by atoms with Gasteiger partial charge in [0, 0.05) is 21.9 Å². The summed E-state index contributed by atoms with van der Waals surface area (Å²) in [5.74, 6) is -1.04. The normalized spacial score (nSPS) is 10.7. The number of carbonyl (C=O) groups is 2. The number of rotatable bonds is 8. The summed E-state index contributed by atoms with van der Waals surface area (Å²) in [6.07, 6.45) is 0.134. The SMILES string of the molecule is O=C(COC(=O)CC(c1ccccc1)c1ccccc1)Nc1nc(-c2ccccc2Cl)cs1. The lowest BCUT2D eigenvalue weighted by molar-refractivity contribution is -0.147. The van der Waals surface area contributed by atoms with Gasteiger partial charge in [0.05, 0.1) is 12.1 Å². The molecule has 0 saturated heterocycles. The van der Waals surface area contributed by atoms with Gasteiger partial charge in [-0.2, -0.15) is 0 Å². The van der Waals surface area contributed by atoms with Crippen molar-refractivity contribution in [2.45, 2.75) is 12.3 Å². The number of nitrogens with one attached hydrogen (secondary N) is 1. The monoisotopic (exact) mass is 476 g/mol. The molecular weight excluding hydrogens is 456 g/mol. The fourth-order valence-electron chi connectivity index (χ4n) is 3.45. The number of thiazole rings is 1. The molecule has 0 aliphatic heterocycles. The molecule has 5 nitrogen and oxygen atoms in total. The number of halogens is 1. The number of hydrogen-bond acceptors (Lipinski definition) is 5. The van der Waals surface area contributed by atoms with E-state index >= 15 is 0 Å². The molecule has 0 aliphatic carbocycles. The third-order valence-electron chi connectivity index (χ3n) is 5.04. The maximum Gasteiger partial charge on any atom is 0.307 e. The summed E-state index contributed by atoms with van der Waals surface area (Å²) in [6, 6.07) is 26.9. The Kier molecular flexibility index (Phi) is 7.50. The highest BCUT2D eigenvalue weighted by Crippen LogP contribution is 2.30. The van der Waals surface area contributed by atoms with Gasteiger partial charge in [-0.3, -0.25) is 14.9 Å². The average Bonchev–Trinajstić information content (AvgIpc) is 3.30. The summed E-state index contributed by atoms with van der Waals surface area (Å²) in [5, 5.41) is 5.48. The van der Waals surface area contributed by atoms with Crippen molar-refractivity contribution in [2.75, 3.05) is 11.9 Å². The molecule has 1 N–H and O–H groups in total. The van der Waals surface area contributed by atoms with Gasteiger partial charge in [0.2, 0.25) is 0 Å². The van der Waals surface area contributed by atoms with Crippen LogP contribution in [0.5, 0.6) is 0 Å². The highest BCUT2D eigenvalue weighted by molar-refractivity contribution is 7.14.